The SMILES string of the molecule is CC/C=C\C/C=C\C/C=C\C/C=C\CCCCC(=O)NC(COP(=O)(O)OCC(O)COC(=O)CCCCCCCCCCCCCCCCCCCCCCC)C(=O)O. The minimum atomic E-state index is -4.77. The fraction of sp³-hybridized carbons (Fsp3) is 0.771. The Bertz CT molecular complexity index is 1200. The van der Waals surface area contributed by atoms with Gasteiger partial charge in [-0.2, -0.15) is 0 Å². The molecule has 348 valence electrons. The van der Waals surface area contributed by atoms with Crippen LogP contribution in [0.2, 0.25) is 0 Å². The molecule has 11 nitrogen and oxygen atoms in total. The van der Waals surface area contributed by atoms with E-state index in [2.05, 4.69) is 61.7 Å². The zero-order valence-corrected chi connectivity index (χ0v) is 38.6. The van der Waals surface area contributed by atoms with Crippen molar-refractivity contribution in [1.29, 1.82) is 0 Å². The molecule has 3 unspecified atom stereocenters. The number of esters is 1. The molecule has 3 atom stereocenters. The molecule has 0 aromatic carbocycles. The molecular formula is C48H86NO10P. The molecule has 0 bridgehead atoms. The maximum Gasteiger partial charge on any atom is 0.472 e. The summed E-state index contributed by atoms with van der Waals surface area (Å²) in [6.45, 7) is 2.47. The van der Waals surface area contributed by atoms with Gasteiger partial charge in [-0.05, 0) is 51.4 Å². The van der Waals surface area contributed by atoms with Crippen LogP contribution in [0.5, 0.6) is 0 Å². The van der Waals surface area contributed by atoms with Crippen LogP contribution in [0.1, 0.15) is 206 Å². The Hall–Kier alpha value is -2.56. The van der Waals surface area contributed by atoms with E-state index in [9.17, 15) is 34.1 Å². The number of aliphatic hydroxyl groups excluding tert-OH is 1. The monoisotopic (exact) mass is 868 g/mol. The average Bonchev–Trinajstić information content (AvgIpc) is 3.22. The molecule has 12 heteroatoms. The molecule has 0 aliphatic heterocycles. The smallest absolute Gasteiger partial charge is 0.472 e. The second-order valence-electron chi connectivity index (χ2n) is 15.9. The zero-order valence-electron chi connectivity index (χ0n) is 37.8. The molecule has 0 saturated carbocycles. The van der Waals surface area contributed by atoms with Crippen molar-refractivity contribution in [3.8, 4) is 0 Å². The number of phosphoric ester groups is 1. The van der Waals surface area contributed by atoms with Crippen LogP contribution in [0.4, 0.5) is 0 Å². The number of aliphatic hydroxyl groups is 1. The fourth-order valence-corrected chi connectivity index (χ4v) is 7.26. The van der Waals surface area contributed by atoms with Crippen LogP contribution in [0.3, 0.4) is 0 Å². The summed E-state index contributed by atoms with van der Waals surface area (Å²) >= 11 is 0. The van der Waals surface area contributed by atoms with Crippen molar-refractivity contribution in [1.82, 2.24) is 5.32 Å². The van der Waals surface area contributed by atoms with Gasteiger partial charge in [0.05, 0.1) is 13.2 Å². The zero-order chi connectivity index (χ0) is 44.2. The number of aliphatic carboxylic acids is 1. The predicted molar refractivity (Wildman–Crippen MR) is 245 cm³/mol. The molecule has 0 saturated heterocycles. The summed E-state index contributed by atoms with van der Waals surface area (Å²) in [4.78, 5) is 45.9. The van der Waals surface area contributed by atoms with Gasteiger partial charge in [0.2, 0.25) is 5.91 Å². The van der Waals surface area contributed by atoms with Crippen LogP contribution in [0.15, 0.2) is 48.6 Å². The van der Waals surface area contributed by atoms with Gasteiger partial charge in [-0.25, -0.2) is 9.36 Å². The maximum atomic E-state index is 12.3. The van der Waals surface area contributed by atoms with E-state index in [0.29, 0.717) is 12.8 Å². The standard InChI is InChI=1S/C48H86NO10P/c1-3-5-7-9-11-13-15-17-19-20-21-22-23-24-26-28-30-32-34-36-38-40-47(52)57-41-44(50)42-58-60(55,56)59-43-45(48(53)54)49-46(51)39-37-35-33-31-29-27-25-18-16-14-12-10-8-6-4-2/h6,8,12,14,18,25,29,31,44-45,50H,3-5,7,9-11,13,15-17,19-24,26-28,30,32-43H2,1-2H3,(H,49,51)(H,53,54)(H,55,56)/b8-6-,14-12-,25-18-,31-29-. The Labute approximate surface area is 364 Å². The van der Waals surface area contributed by atoms with Gasteiger partial charge >= 0.3 is 19.8 Å². The normalized spacial score (nSPS) is 14.1. The number of nitrogens with one attached hydrogen (secondary N) is 1. The van der Waals surface area contributed by atoms with Crippen LogP contribution >= 0.6 is 7.82 Å². The number of carboxylic acids is 1. The third-order valence-corrected chi connectivity index (χ3v) is 11.1. The first-order valence-corrected chi connectivity index (χ1v) is 25.2. The van der Waals surface area contributed by atoms with Gasteiger partial charge in [-0.3, -0.25) is 18.6 Å². The second-order valence-corrected chi connectivity index (χ2v) is 17.4. The molecule has 0 heterocycles. The van der Waals surface area contributed by atoms with Gasteiger partial charge < -0.3 is 25.2 Å². The molecule has 0 aromatic rings. The molecular weight excluding hydrogens is 781 g/mol. The number of hydrogen-bond donors (Lipinski definition) is 4. The Kier molecular flexibility index (Phi) is 41.3. The van der Waals surface area contributed by atoms with E-state index >= 15 is 0 Å². The largest absolute Gasteiger partial charge is 0.480 e. The lowest BCUT2D eigenvalue weighted by atomic mass is 10.0. The molecule has 0 radical (unpaired) electrons. The highest BCUT2D eigenvalue weighted by Crippen LogP contribution is 2.43. The molecule has 4 N–H and O–H groups in total. The predicted octanol–water partition coefficient (Wildman–Crippen LogP) is 12.6. The summed E-state index contributed by atoms with van der Waals surface area (Å²) < 4.78 is 26.9. The number of hydrogen-bond acceptors (Lipinski definition) is 8. The third-order valence-electron chi connectivity index (χ3n) is 10.1. The minimum absolute atomic E-state index is 0.0924. The van der Waals surface area contributed by atoms with Gasteiger partial charge in [0.1, 0.15) is 12.7 Å². The molecule has 0 aromatic heterocycles. The summed E-state index contributed by atoms with van der Waals surface area (Å²) in [5.74, 6) is -2.43. The number of carboxylic acid groups (broad SMARTS) is 1. The number of amides is 1. The van der Waals surface area contributed by atoms with Crippen molar-refractivity contribution in [3.05, 3.63) is 48.6 Å². The number of rotatable bonds is 44. The van der Waals surface area contributed by atoms with Crippen molar-refractivity contribution in [2.45, 2.75) is 219 Å². The summed E-state index contributed by atoms with van der Waals surface area (Å²) in [5.41, 5.74) is 0. The van der Waals surface area contributed by atoms with E-state index < -0.39 is 57.6 Å². The van der Waals surface area contributed by atoms with Gasteiger partial charge in [0.25, 0.3) is 0 Å². The van der Waals surface area contributed by atoms with Gasteiger partial charge in [-0.1, -0.05) is 191 Å². The van der Waals surface area contributed by atoms with Crippen molar-refractivity contribution in [2.24, 2.45) is 0 Å². The summed E-state index contributed by atoms with van der Waals surface area (Å²) in [7, 11) is -4.77. The lowest BCUT2D eigenvalue weighted by molar-refractivity contribution is -0.147. The summed E-state index contributed by atoms with van der Waals surface area (Å²) in [5, 5.41) is 21.8. The highest BCUT2D eigenvalue weighted by Gasteiger charge is 2.28. The Morgan fingerprint density at radius 1 is 0.550 bits per heavy atom. The van der Waals surface area contributed by atoms with E-state index in [4.69, 9.17) is 13.8 Å². The highest BCUT2D eigenvalue weighted by atomic mass is 31.2. The maximum absolute atomic E-state index is 12.3. The average molecular weight is 868 g/mol. The number of carbonyl (C=O) groups excluding carboxylic acids is 2. The first-order valence-electron chi connectivity index (χ1n) is 23.7. The molecule has 1 amide bonds. The first kappa shape index (κ1) is 57.4. The van der Waals surface area contributed by atoms with E-state index in [1.54, 1.807) is 0 Å². The molecule has 0 spiro atoms. The lowest BCUT2D eigenvalue weighted by Crippen LogP contribution is -2.43. The summed E-state index contributed by atoms with van der Waals surface area (Å²) in [6, 6.07) is -1.57. The second kappa shape index (κ2) is 43.1. The van der Waals surface area contributed by atoms with E-state index in [0.717, 1.165) is 57.8 Å². The first-order chi connectivity index (χ1) is 29.1. The van der Waals surface area contributed by atoms with E-state index in [1.807, 2.05) is 6.08 Å². The number of carbonyl (C=O) groups is 3. The Morgan fingerprint density at radius 3 is 1.43 bits per heavy atom. The minimum Gasteiger partial charge on any atom is -0.480 e. The molecule has 0 fully saturated rings. The van der Waals surface area contributed by atoms with Crippen molar-refractivity contribution >= 4 is 25.7 Å². The number of ether oxygens (including phenoxy) is 1. The quantitative estimate of drug-likeness (QED) is 0.0200. The van der Waals surface area contributed by atoms with Crippen LogP contribution in [-0.4, -0.2) is 64.9 Å². The topological polar surface area (TPSA) is 169 Å². The molecule has 0 aliphatic rings. The van der Waals surface area contributed by atoms with Crippen LogP contribution in [0, 0.1) is 0 Å². The van der Waals surface area contributed by atoms with Crippen molar-refractivity contribution < 1.29 is 47.8 Å². The van der Waals surface area contributed by atoms with Crippen molar-refractivity contribution in [2.75, 3.05) is 19.8 Å². The van der Waals surface area contributed by atoms with Crippen LogP contribution in [0.25, 0.3) is 0 Å². The fourth-order valence-electron chi connectivity index (χ4n) is 6.48. The number of allylic oxidation sites excluding steroid dienone is 8. The molecule has 0 aliphatic carbocycles. The third kappa shape index (κ3) is 42.1. The van der Waals surface area contributed by atoms with Gasteiger partial charge in [0, 0.05) is 12.8 Å². The van der Waals surface area contributed by atoms with E-state index in [-0.39, 0.29) is 12.8 Å². The number of phosphoric acid groups is 1. The van der Waals surface area contributed by atoms with Crippen LogP contribution < -0.4 is 5.32 Å². The van der Waals surface area contributed by atoms with Crippen molar-refractivity contribution in [3.63, 3.8) is 0 Å². The molecule has 60 heavy (non-hydrogen) atoms. The van der Waals surface area contributed by atoms with Gasteiger partial charge in [0.15, 0.2) is 6.04 Å². The van der Waals surface area contributed by atoms with Gasteiger partial charge in [-0.15, -0.1) is 0 Å². The Morgan fingerprint density at radius 2 is 0.967 bits per heavy atom. The highest BCUT2D eigenvalue weighted by molar-refractivity contribution is 7.47. The Balaban J connectivity index is 3.86. The summed E-state index contributed by atoms with van der Waals surface area (Å²) in [6.07, 6.45) is 48.6. The number of unbranched alkanes of at least 4 members (excludes halogenated alkanes) is 22. The van der Waals surface area contributed by atoms with Crippen LogP contribution in [-0.2, 0) is 32.7 Å². The molecule has 0 rings (SSSR count). The van der Waals surface area contributed by atoms with E-state index in [1.165, 1.54) is 109 Å². The lowest BCUT2D eigenvalue weighted by Gasteiger charge is -2.18.